The molecule has 2 aromatic rings. The molecule has 1 unspecified atom stereocenters. The summed E-state index contributed by atoms with van der Waals surface area (Å²) in [5, 5.41) is 0. The molecule has 1 atom stereocenters. The number of benzene rings is 2. The molecule has 89 valence electrons. The van der Waals surface area contributed by atoms with E-state index in [0.717, 1.165) is 17.1 Å². The molecule has 2 rings (SSSR count). The maximum absolute atomic E-state index is 10.6. The molecular formula is C15H13O2Y-. The summed E-state index contributed by atoms with van der Waals surface area (Å²) < 4.78 is 5.68. The summed E-state index contributed by atoms with van der Waals surface area (Å²) in [5.41, 5.74) is 0.911. The topological polar surface area (TPSA) is 26.3 Å². The van der Waals surface area contributed by atoms with E-state index in [-0.39, 0.29) is 38.6 Å². The molecular weight excluding hydrogens is 301 g/mol. The van der Waals surface area contributed by atoms with Crippen LogP contribution in [0.4, 0.5) is 0 Å². The maximum Gasteiger partial charge on any atom is 0.127 e. The SMILES string of the molecule is CC([C-]=O)c1cccc(Oc2ccccc2)c1.[Y]. The van der Waals surface area contributed by atoms with E-state index >= 15 is 0 Å². The van der Waals surface area contributed by atoms with Gasteiger partial charge in [0, 0.05) is 32.7 Å². The van der Waals surface area contributed by atoms with E-state index in [1.807, 2.05) is 67.8 Å². The zero-order chi connectivity index (χ0) is 12.1. The minimum atomic E-state index is -0.227. The van der Waals surface area contributed by atoms with Gasteiger partial charge in [-0.15, -0.1) is 5.92 Å². The van der Waals surface area contributed by atoms with Crippen LogP contribution in [0.3, 0.4) is 0 Å². The van der Waals surface area contributed by atoms with Crippen LogP contribution in [-0.4, -0.2) is 6.29 Å². The van der Waals surface area contributed by atoms with E-state index in [4.69, 9.17) is 4.74 Å². The van der Waals surface area contributed by atoms with Crippen molar-refractivity contribution < 1.29 is 42.2 Å². The third kappa shape index (κ3) is 4.04. The van der Waals surface area contributed by atoms with Gasteiger partial charge in [0.1, 0.15) is 11.5 Å². The number of hydrogen-bond acceptors (Lipinski definition) is 2. The quantitative estimate of drug-likeness (QED) is 0.805. The Balaban J connectivity index is 0.00000162. The first-order chi connectivity index (χ1) is 8.29. The van der Waals surface area contributed by atoms with Crippen molar-refractivity contribution in [1.29, 1.82) is 0 Å². The van der Waals surface area contributed by atoms with E-state index in [1.165, 1.54) is 0 Å². The van der Waals surface area contributed by atoms with Crippen LogP contribution in [0.15, 0.2) is 54.6 Å². The second-order valence-corrected chi connectivity index (χ2v) is 3.83. The van der Waals surface area contributed by atoms with Gasteiger partial charge in [-0.3, -0.25) is 6.29 Å². The number of carbonyl (C=O) groups excluding carboxylic acids is 1. The Bertz CT molecular complexity index is 497. The molecule has 18 heavy (non-hydrogen) atoms. The second kappa shape index (κ2) is 7.45. The predicted octanol–water partition coefficient (Wildman–Crippen LogP) is 3.69. The number of rotatable bonds is 4. The average molecular weight is 314 g/mol. The normalized spacial score (nSPS) is 11.2. The van der Waals surface area contributed by atoms with Crippen molar-refractivity contribution in [3.05, 3.63) is 60.2 Å². The van der Waals surface area contributed by atoms with E-state index in [1.54, 1.807) is 0 Å². The standard InChI is InChI=1S/C15H13O2.Y/c1-12(11-16)13-6-5-9-15(10-13)17-14-7-3-2-4-8-14;/h2-10,12H,1H3;/q-1;. The van der Waals surface area contributed by atoms with Gasteiger partial charge in [-0.05, 0) is 24.3 Å². The summed E-state index contributed by atoms with van der Waals surface area (Å²) in [6, 6.07) is 17.1. The number of ether oxygens (including phenoxy) is 1. The monoisotopic (exact) mass is 314 g/mol. The van der Waals surface area contributed by atoms with Gasteiger partial charge in [0.15, 0.2) is 0 Å². The Morgan fingerprint density at radius 2 is 1.67 bits per heavy atom. The molecule has 0 aromatic heterocycles. The zero-order valence-electron chi connectivity index (χ0n) is 10.2. The second-order valence-electron chi connectivity index (χ2n) is 3.83. The first kappa shape index (κ1) is 15.1. The van der Waals surface area contributed by atoms with E-state index < -0.39 is 0 Å². The molecule has 0 heterocycles. The summed E-state index contributed by atoms with van der Waals surface area (Å²) in [6.45, 7) is 1.81. The van der Waals surface area contributed by atoms with E-state index in [2.05, 4.69) is 0 Å². The van der Waals surface area contributed by atoms with Crippen molar-refractivity contribution in [1.82, 2.24) is 0 Å². The van der Waals surface area contributed by atoms with Crippen LogP contribution >= 0.6 is 0 Å². The predicted molar refractivity (Wildman–Crippen MR) is 67.1 cm³/mol. The minimum Gasteiger partial charge on any atom is -0.541 e. The van der Waals surface area contributed by atoms with Crippen LogP contribution in [0.2, 0.25) is 0 Å². The van der Waals surface area contributed by atoms with Gasteiger partial charge >= 0.3 is 0 Å². The van der Waals surface area contributed by atoms with Crippen molar-refractivity contribution in [2.24, 2.45) is 0 Å². The van der Waals surface area contributed by atoms with Gasteiger partial charge in [0.25, 0.3) is 0 Å². The zero-order valence-corrected chi connectivity index (χ0v) is 13.0. The van der Waals surface area contributed by atoms with Crippen LogP contribution in [0, 0.1) is 0 Å². The molecule has 0 bridgehead atoms. The van der Waals surface area contributed by atoms with E-state index in [9.17, 15) is 4.79 Å². The smallest absolute Gasteiger partial charge is 0.127 e. The van der Waals surface area contributed by atoms with Gasteiger partial charge in [-0.2, -0.15) is 0 Å². The molecule has 2 nitrogen and oxygen atoms in total. The van der Waals surface area contributed by atoms with Crippen molar-refractivity contribution >= 4 is 6.29 Å². The fraction of sp³-hybridized carbons (Fsp3) is 0.133. The van der Waals surface area contributed by atoms with Crippen molar-refractivity contribution in [2.45, 2.75) is 12.8 Å². The largest absolute Gasteiger partial charge is 0.541 e. The molecule has 2 aromatic carbocycles. The molecule has 0 saturated heterocycles. The molecule has 0 spiro atoms. The fourth-order valence-electron chi connectivity index (χ4n) is 1.54. The number of para-hydroxylation sites is 1. The molecule has 0 saturated carbocycles. The summed E-state index contributed by atoms with van der Waals surface area (Å²) in [4.78, 5) is 10.6. The van der Waals surface area contributed by atoms with Crippen molar-refractivity contribution in [2.75, 3.05) is 0 Å². The molecule has 0 N–H and O–H groups in total. The maximum atomic E-state index is 10.6. The summed E-state index contributed by atoms with van der Waals surface area (Å²) in [6.07, 6.45) is 1.97. The summed E-state index contributed by atoms with van der Waals surface area (Å²) in [5.74, 6) is 1.29. The summed E-state index contributed by atoms with van der Waals surface area (Å²) in [7, 11) is 0. The number of hydrogen-bond donors (Lipinski definition) is 0. The Morgan fingerprint density at radius 3 is 2.33 bits per heavy atom. The molecule has 3 heteroatoms. The van der Waals surface area contributed by atoms with Crippen LogP contribution in [0.5, 0.6) is 11.5 Å². The Kier molecular flexibility index (Phi) is 6.24. The van der Waals surface area contributed by atoms with Crippen LogP contribution in [0.1, 0.15) is 18.4 Å². The molecule has 0 aliphatic carbocycles. The fourth-order valence-corrected chi connectivity index (χ4v) is 1.54. The van der Waals surface area contributed by atoms with Crippen LogP contribution in [-0.2, 0) is 37.5 Å². The first-order valence-electron chi connectivity index (χ1n) is 5.50. The van der Waals surface area contributed by atoms with E-state index in [0.29, 0.717) is 0 Å². The Morgan fingerprint density at radius 1 is 1.00 bits per heavy atom. The molecule has 1 radical (unpaired) electrons. The van der Waals surface area contributed by atoms with Gasteiger partial charge in [-0.1, -0.05) is 42.8 Å². The third-order valence-corrected chi connectivity index (χ3v) is 2.51. The first-order valence-corrected chi connectivity index (χ1v) is 5.50. The van der Waals surface area contributed by atoms with Crippen LogP contribution in [0.25, 0.3) is 0 Å². The Labute approximate surface area is 132 Å². The van der Waals surface area contributed by atoms with Crippen molar-refractivity contribution in [3.8, 4) is 11.5 Å². The third-order valence-electron chi connectivity index (χ3n) is 2.51. The Hall–Kier alpha value is -0.986. The summed E-state index contributed by atoms with van der Waals surface area (Å²) >= 11 is 0. The minimum absolute atomic E-state index is 0. The van der Waals surface area contributed by atoms with Crippen molar-refractivity contribution in [3.63, 3.8) is 0 Å². The van der Waals surface area contributed by atoms with Crippen LogP contribution < -0.4 is 4.74 Å². The van der Waals surface area contributed by atoms with Gasteiger partial charge in [0.05, 0.1) is 0 Å². The van der Waals surface area contributed by atoms with Gasteiger partial charge in [0.2, 0.25) is 0 Å². The molecule has 0 aliphatic heterocycles. The molecule has 0 fully saturated rings. The van der Waals surface area contributed by atoms with Gasteiger partial charge < -0.3 is 9.53 Å². The van der Waals surface area contributed by atoms with Gasteiger partial charge in [-0.25, -0.2) is 0 Å². The molecule has 0 aliphatic rings. The molecule has 0 amide bonds. The average Bonchev–Trinajstić information content (AvgIpc) is 2.39.